The first-order valence-electron chi connectivity index (χ1n) is 8.31. The van der Waals surface area contributed by atoms with Gasteiger partial charge in [0.2, 0.25) is 0 Å². The SMILES string of the molecule is C=CC1CC(C(=O)OCC)(C(=O)OCC)C/C1=C(\Cl)CCCC. The van der Waals surface area contributed by atoms with Crippen molar-refractivity contribution in [2.45, 2.75) is 52.9 Å². The first kappa shape index (κ1) is 19.8. The van der Waals surface area contributed by atoms with Gasteiger partial charge in [0.15, 0.2) is 5.41 Å². The minimum absolute atomic E-state index is 0.104. The lowest BCUT2D eigenvalue weighted by molar-refractivity contribution is -0.171. The summed E-state index contributed by atoms with van der Waals surface area (Å²) in [6, 6.07) is 0. The van der Waals surface area contributed by atoms with Crippen LogP contribution in [0, 0.1) is 11.3 Å². The molecule has 1 rings (SSSR count). The smallest absolute Gasteiger partial charge is 0.323 e. The van der Waals surface area contributed by atoms with Crippen molar-refractivity contribution in [3.05, 3.63) is 23.3 Å². The molecular formula is C18H27ClO4. The molecule has 0 aromatic heterocycles. The molecule has 0 heterocycles. The molecule has 5 heteroatoms. The Bertz CT molecular complexity index is 463. The summed E-state index contributed by atoms with van der Waals surface area (Å²) in [4.78, 5) is 25.0. The molecule has 0 radical (unpaired) electrons. The maximum atomic E-state index is 12.5. The minimum Gasteiger partial charge on any atom is -0.465 e. The summed E-state index contributed by atoms with van der Waals surface area (Å²) in [5, 5.41) is 0.729. The molecule has 1 aliphatic rings. The van der Waals surface area contributed by atoms with E-state index in [1.807, 2.05) is 0 Å². The van der Waals surface area contributed by atoms with E-state index in [2.05, 4.69) is 13.5 Å². The van der Waals surface area contributed by atoms with Gasteiger partial charge in [0.05, 0.1) is 13.2 Å². The molecule has 1 fully saturated rings. The number of esters is 2. The Morgan fingerprint density at radius 1 is 1.26 bits per heavy atom. The van der Waals surface area contributed by atoms with Crippen LogP contribution in [0.4, 0.5) is 0 Å². The standard InChI is InChI=1S/C18H27ClO4/c1-5-9-10-15(19)14-12-18(11-13(14)6-2,16(20)22-7-3)17(21)23-8-4/h6,13H,2,5,7-12H2,1,3-4H3/b15-14+. The Morgan fingerprint density at radius 2 is 1.83 bits per heavy atom. The number of carbonyl (C=O) groups is 2. The normalized spacial score (nSPS) is 21.7. The molecule has 130 valence electrons. The van der Waals surface area contributed by atoms with E-state index in [9.17, 15) is 9.59 Å². The molecule has 0 spiro atoms. The summed E-state index contributed by atoms with van der Waals surface area (Å²) in [5.41, 5.74) is -0.386. The second-order valence-electron chi connectivity index (χ2n) is 5.78. The fourth-order valence-electron chi connectivity index (χ4n) is 2.98. The van der Waals surface area contributed by atoms with E-state index >= 15 is 0 Å². The van der Waals surface area contributed by atoms with E-state index in [-0.39, 0.29) is 25.6 Å². The molecule has 0 saturated heterocycles. The van der Waals surface area contributed by atoms with Gasteiger partial charge in [0.25, 0.3) is 0 Å². The van der Waals surface area contributed by atoms with Crippen LogP contribution in [-0.2, 0) is 19.1 Å². The van der Waals surface area contributed by atoms with Crippen LogP contribution in [0.2, 0.25) is 0 Å². The fraction of sp³-hybridized carbons (Fsp3) is 0.667. The van der Waals surface area contributed by atoms with Crippen molar-refractivity contribution < 1.29 is 19.1 Å². The molecular weight excluding hydrogens is 316 g/mol. The van der Waals surface area contributed by atoms with Crippen LogP contribution >= 0.6 is 11.6 Å². The van der Waals surface area contributed by atoms with E-state index in [0.717, 1.165) is 29.9 Å². The maximum Gasteiger partial charge on any atom is 0.323 e. The van der Waals surface area contributed by atoms with Crippen LogP contribution in [-0.4, -0.2) is 25.2 Å². The predicted molar refractivity (Wildman–Crippen MR) is 91.0 cm³/mol. The zero-order valence-corrected chi connectivity index (χ0v) is 15.1. The van der Waals surface area contributed by atoms with Gasteiger partial charge in [-0.25, -0.2) is 0 Å². The van der Waals surface area contributed by atoms with E-state index in [4.69, 9.17) is 21.1 Å². The lowest BCUT2D eigenvalue weighted by Gasteiger charge is -2.24. The van der Waals surface area contributed by atoms with Crippen molar-refractivity contribution in [1.82, 2.24) is 0 Å². The molecule has 0 amide bonds. The Morgan fingerprint density at radius 3 is 2.26 bits per heavy atom. The number of ether oxygens (including phenoxy) is 2. The van der Waals surface area contributed by atoms with Gasteiger partial charge in [0.1, 0.15) is 0 Å². The van der Waals surface area contributed by atoms with E-state index < -0.39 is 17.4 Å². The molecule has 0 aliphatic heterocycles. The zero-order chi connectivity index (χ0) is 17.5. The quantitative estimate of drug-likeness (QED) is 0.373. The molecule has 1 saturated carbocycles. The van der Waals surface area contributed by atoms with E-state index in [1.165, 1.54) is 0 Å². The topological polar surface area (TPSA) is 52.6 Å². The number of allylic oxidation sites excluding steroid dienone is 3. The molecule has 4 nitrogen and oxygen atoms in total. The second kappa shape index (κ2) is 9.11. The molecule has 0 bridgehead atoms. The van der Waals surface area contributed by atoms with Crippen molar-refractivity contribution in [2.24, 2.45) is 11.3 Å². The lowest BCUT2D eigenvalue weighted by Crippen LogP contribution is -2.40. The molecule has 1 unspecified atom stereocenters. The van der Waals surface area contributed by atoms with Crippen LogP contribution in [0.1, 0.15) is 52.9 Å². The highest BCUT2D eigenvalue weighted by atomic mass is 35.5. The summed E-state index contributed by atoms with van der Waals surface area (Å²) in [6.07, 6.45) is 5.07. The highest BCUT2D eigenvalue weighted by Gasteiger charge is 2.55. The van der Waals surface area contributed by atoms with Crippen LogP contribution < -0.4 is 0 Å². The average Bonchev–Trinajstić information content (AvgIpc) is 2.94. The fourth-order valence-corrected chi connectivity index (χ4v) is 3.32. The van der Waals surface area contributed by atoms with Crippen molar-refractivity contribution >= 4 is 23.5 Å². The van der Waals surface area contributed by atoms with Gasteiger partial charge in [-0.05, 0) is 45.1 Å². The van der Waals surface area contributed by atoms with Crippen molar-refractivity contribution in [3.8, 4) is 0 Å². The van der Waals surface area contributed by atoms with Gasteiger partial charge >= 0.3 is 11.9 Å². The monoisotopic (exact) mass is 342 g/mol. The number of carbonyl (C=O) groups excluding carboxylic acids is 2. The van der Waals surface area contributed by atoms with Gasteiger partial charge in [-0.3, -0.25) is 9.59 Å². The van der Waals surface area contributed by atoms with Gasteiger partial charge in [-0.2, -0.15) is 0 Å². The minimum atomic E-state index is -1.30. The first-order chi connectivity index (χ1) is 11.0. The van der Waals surface area contributed by atoms with Crippen LogP contribution in [0.5, 0.6) is 0 Å². The largest absolute Gasteiger partial charge is 0.465 e. The zero-order valence-electron chi connectivity index (χ0n) is 14.3. The molecule has 23 heavy (non-hydrogen) atoms. The number of unbranched alkanes of at least 4 members (excludes halogenated alkanes) is 1. The van der Waals surface area contributed by atoms with Crippen molar-refractivity contribution in [2.75, 3.05) is 13.2 Å². The number of halogens is 1. The van der Waals surface area contributed by atoms with E-state index in [0.29, 0.717) is 6.42 Å². The Balaban J connectivity index is 3.20. The predicted octanol–water partition coefficient (Wildman–Crippen LogP) is 4.38. The Hall–Kier alpha value is -1.29. The summed E-state index contributed by atoms with van der Waals surface area (Å²) in [7, 11) is 0. The van der Waals surface area contributed by atoms with Crippen LogP contribution in [0.25, 0.3) is 0 Å². The van der Waals surface area contributed by atoms with Crippen molar-refractivity contribution in [3.63, 3.8) is 0 Å². The third kappa shape index (κ3) is 4.37. The highest BCUT2D eigenvalue weighted by Crippen LogP contribution is 2.50. The number of rotatable bonds is 8. The van der Waals surface area contributed by atoms with Gasteiger partial charge < -0.3 is 9.47 Å². The van der Waals surface area contributed by atoms with Gasteiger partial charge in [-0.1, -0.05) is 31.0 Å². The third-order valence-electron chi connectivity index (χ3n) is 4.22. The first-order valence-corrected chi connectivity index (χ1v) is 8.68. The summed E-state index contributed by atoms with van der Waals surface area (Å²) >= 11 is 6.46. The number of hydrogen-bond acceptors (Lipinski definition) is 4. The molecule has 0 aromatic rings. The molecule has 0 aromatic carbocycles. The average molecular weight is 343 g/mol. The van der Waals surface area contributed by atoms with Crippen molar-refractivity contribution in [1.29, 1.82) is 0 Å². The Kier molecular flexibility index (Phi) is 7.83. The van der Waals surface area contributed by atoms with Gasteiger partial charge in [0, 0.05) is 11.0 Å². The molecule has 1 atom stereocenters. The third-order valence-corrected chi connectivity index (χ3v) is 4.66. The second-order valence-corrected chi connectivity index (χ2v) is 6.24. The van der Waals surface area contributed by atoms with Crippen LogP contribution in [0.15, 0.2) is 23.3 Å². The molecule has 0 N–H and O–H groups in total. The van der Waals surface area contributed by atoms with E-state index in [1.54, 1.807) is 19.9 Å². The maximum absolute atomic E-state index is 12.5. The summed E-state index contributed by atoms with van der Waals surface area (Å²) in [5.74, 6) is -1.16. The lowest BCUT2D eigenvalue weighted by atomic mass is 9.85. The van der Waals surface area contributed by atoms with Gasteiger partial charge in [-0.15, -0.1) is 6.58 Å². The summed E-state index contributed by atoms with van der Waals surface area (Å²) in [6.45, 7) is 9.82. The number of hydrogen-bond donors (Lipinski definition) is 0. The highest BCUT2D eigenvalue weighted by molar-refractivity contribution is 6.30. The van der Waals surface area contributed by atoms with Crippen LogP contribution in [0.3, 0.4) is 0 Å². The summed E-state index contributed by atoms with van der Waals surface area (Å²) < 4.78 is 10.3. The molecule has 1 aliphatic carbocycles. The Labute approximate surface area is 143 Å².